The Hall–Kier alpha value is -17.0. The van der Waals surface area contributed by atoms with Gasteiger partial charge in [-0.1, -0.05) is 358 Å². The predicted molar refractivity (Wildman–Crippen MR) is 542 cm³/mol. The molecule has 9 heteroatoms. The smallest absolute Gasteiger partial charge is 0.143 e. The number of aromatic nitrogens is 7. The summed E-state index contributed by atoms with van der Waals surface area (Å²) in [7, 11) is 0. The lowest BCUT2D eigenvalue weighted by atomic mass is 9.96. The molecule has 27 rings (SSSR count). The molecule has 0 bridgehead atoms. The van der Waals surface area contributed by atoms with Crippen molar-refractivity contribution < 1.29 is 4.42 Å². The molecule has 0 fully saturated rings. The third kappa shape index (κ3) is 12.9. The standard InChI is InChI=1S/C40H25N3.C40H24N2O.C40H24N2S/c1-3-19-34-30(15-1)31-16-2-4-20-35(31)40-39(34)41-25-36(42-40)28-13-9-11-26(23-28)27-12-10-14-29(24-27)43-37-21-7-5-17-32(37)33-18-6-8-22-38(33)43;2*1-3-17-33-30(14-1)31-15-2-4-18-34(31)39-38(33)41-24-36(42-39)28-13-8-11-26(23-28)25-10-7-12-27(22-25)29-19-9-20-35-32-16-5-6-21-37(32)43-40(29)35/h1-25H;2*1-24H. The lowest BCUT2D eigenvalue weighted by molar-refractivity contribution is 0.670. The van der Waals surface area contributed by atoms with Crippen LogP contribution in [0.2, 0.25) is 0 Å². The van der Waals surface area contributed by atoms with E-state index in [9.17, 15) is 0 Å². The Kier molecular flexibility index (Phi) is 18.0. The quantitative estimate of drug-likeness (QED) is 0.133. The van der Waals surface area contributed by atoms with Crippen molar-refractivity contribution in [1.29, 1.82) is 0 Å². The molecule has 600 valence electrons. The van der Waals surface area contributed by atoms with Gasteiger partial charge in [0, 0.05) is 102 Å². The van der Waals surface area contributed by atoms with Gasteiger partial charge >= 0.3 is 0 Å². The molecule has 27 aromatic rings. The van der Waals surface area contributed by atoms with Crippen LogP contribution in [0, 0.1) is 0 Å². The second-order valence-corrected chi connectivity index (χ2v) is 34.1. The van der Waals surface area contributed by atoms with Crippen molar-refractivity contribution in [3.63, 3.8) is 0 Å². The van der Waals surface area contributed by atoms with E-state index in [0.717, 1.165) is 166 Å². The maximum atomic E-state index is 6.34. The van der Waals surface area contributed by atoms with E-state index >= 15 is 0 Å². The van der Waals surface area contributed by atoms with E-state index < -0.39 is 0 Å². The molecule has 6 aromatic heterocycles. The van der Waals surface area contributed by atoms with Crippen molar-refractivity contribution in [2.45, 2.75) is 0 Å². The highest BCUT2D eigenvalue weighted by Gasteiger charge is 2.21. The van der Waals surface area contributed by atoms with Crippen molar-refractivity contribution in [3.05, 3.63) is 443 Å². The van der Waals surface area contributed by atoms with Crippen molar-refractivity contribution >= 4 is 173 Å². The van der Waals surface area contributed by atoms with Crippen LogP contribution in [0.5, 0.6) is 0 Å². The largest absolute Gasteiger partial charge is 0.455 e. The number of furan rings is 1. The normalized spacial score (nSPS) is 11.7. The molecule has 0 saturated heterocycles. The molecular formula is C120H73N7OS. The van der Waals surface area contributed by atoms with Gasteiger partial charge in [0.2, 0.25) is 0 Å². The van der Waals surface area contributed by atoms with Crippen LogP contribution in [0.4, 0.5) is 0 Å². The number of nitrogens with zero attached hydrogens (tertiary/aromatic N) is 7. The molecular weight excluding hydrogens is 1590 g/mol. The Morgan fingerprint density at radius 3 is 0.930 bits per heavy atom. The lowest BCUT2D eigenvalue weighted by Crippen LogP contribution is -1.94. The van der Waals surface area contributed by atoms with Crippen molar-refractivity contribution in [2.75, 3.05) is 0 Å². The van der Waals surface area contributed by atoms with Crippen LogP contribution in [0.3, 0.4) is 0 Å². The Morgan fingerprint density at radius 2 is 0.496 bits per heavy atom. The highest BCUT2D eigenvalue weighted by Crippen LogP contribution is 2.45. The fourth-order valence-electron chi connectivity index (χ4n) is 19.6. The SMILES string of the molecule is c1cc(-c2cccc(-c3cccc4c3oc3ccccc34)c2)cc(-c2cnc3c4ccccc4c4ccccc4c3n2)c1.c1cc(-c2cccc(-c3cccc4c3sc3ccccc34)c2)cc(-c2cnc3c4ccccc4c4ccccc4c3n2)c1.c1cc(-c2cccc(-n3c4ccccc4c4ccccc43)c2)cc(-c2cnc3c4ccccc4c4ccccc4c3n2)c1. The van der Waals surface area contributed by atoms with Crippen LogP contribution in [-0.4, -0.2) is 34.5 Å². The number of rotatable bonds is 9. The van der Waals surface area contributed by atoms with Crippen molar-refractivity contribution in [2.24, 2.45) is 0 Å². The summed E-state index contributed by atoms with van der Waals surface area (Å²) in [5, 5.41) is 21.4. The Bertz CT molecular complexity index is 8740. The minimum absolute atomic E-state index is 0.859. The van der Waals surface area contributed by atoms with E-state index in [0.29, 0.717) is 0 Å². The van der Waals surface area contributed by atoms with Crippen LogP contribution < -0.4 is 0 Å². The Balaban J connectivity index is 0.000000105. The number of para-hydroxylation sites is 4. The molecule has 0 unspecified atom stereocenters. The van der Waals surface area contributed by atoms with Crippen molar-refractivity contribution in [1.82, 2.24) is 34.5 Å². The molecule has 0 radical (unpaired) electrons. The first-order valence-electron chi connectivity index (χ1n) is 43.6. The fraction of sp³-hybridized carbons (Fsp3) is 0. The third-order valence-corrected chi connectivity index (χ3v) is 26.8. The topological polar surface area (TPSA) is 95.4 Å². The molecule has 0 aliphatic heterocycles. The summed E-state index contributed by atoms with van der Waals surface area (Å²) in [5.74, 6) is 0. The predicted octanol–water partition coefficient (Wildman–Crippen LogP) is 32.5. The van der Waals surface area contributed by atoms with Gasteiger partial charge in [-0.15, -0.1) is 11.3 Å². The zero-order valence-corrected chi connectivity index (χ0v) is 70.4. The Morgan fingerprint density at radius 1 is 0.202 bits per heavy atom. The molecule has 0 atom stereocenters. The second kappa shape index (κ2) is 31.1. The molecule has 0 amide bonds. The van der Waals surface area contributed by atoms with Gasteiger partial charge in [-0.2, -0.15) is 0 Å². The molecule has 129 heavy (non-hydrogen) atoms. The first-order valence-corrected chi connectivity index (χ1v) is 44.4. The van der Waals surface area contributed by atoms with Gasteiger partial charge in [-0.25, -0.2) is 15.0 Å². The highest BCUT2D eigenvalue weighted by molar-refractivity contribution is 7.26. The van der Waals surface area contributed by atoms with Gasteiger partial charge in [0.1, 0.15) is 11.2 Å². The maximum absolute atomic E-state index is 6.34. The zero-order chi connectivity index (χ0) is 85.0. The van der Waals surface area contributed by atoms with E-state index in [2.05, 4.69) is 417 Å². The zero-order valence-electron chi connectivity index (χ0n) is 69.6. The summed E-state index contributed by atoms with van der Waals surface area (Å²) in [6, 6.07) is 150. The monoisotopic (exact) mass is 1660 g/mol. The van der Waals surface area contributed by atoms with Crippen LogP contribution in [0.25, 0.3) is 257 Å². The average Bonchev–Trinajstić information content (AvgIpc) is 1.60. The number of fused-ring (bicyclic) bond motifs is 27. The van der Waals surface area contributed by atoms with E-state index in [4.69, 9.17) is 34.3 Å². The minimum Gasteiger partial charge on any atom is -0.455 e. The molecule has 0 N–H and O–H groups in total. The first-order chi connectivity index (χ1) is 64.0. The molecule has 6 heterocycles. The summed E-state index contributed by atoms with van der Waals surface area (Å²) in [4.78, 5) is 30.6. The fourth-order valence-corrected chi connectivity index (χ4v) is 20.8. The summed E-state index contributed by atoms with van der Waals surface area (Å²) >= 11 is 1.87. The van der Waals surface area contributed by atoms with Crippen molar-refractivity contribution in [3.8, 4) is 95.1 Å². The molecule has 8 nitrogen and oxygen atoms in total. The average molecular weight is 1660 g/mol. The van der Waals surface area contributed by atoms with Gasteiger partial charge in [0.25, 0.3) is 0 Å². The van der Waals surface area contributed by atoms with E-state index in [1.165, 1.54) is 91.0 Å². The van der Waals surface area contributed by atoms with E-state index in [1.54, 1.807) is 0 Å². The number of hydrogen-bond donors (Lipinski definition) is 0. The molecule has 0 saturated carbocycles. The van der Waals surface area contributed by atoms with Gasteiger partial charge in [0.15, 0.2) is 0 Å². The summed E-state index contributed by atoms with van der Waals surface area (Å²) in [5.41, 5.74) is 28.4. The lowest BCUT2D eigenvalue weighted by Gasteiger charge is -2.12. The summed E-state index contributed by atoms with van der Waals surface area (Å²) < 4.78 is 11.4. The highest BCUT2D eigenvalue weighted by atomic mass is 32.1. The van der Waals surface area contributed by atoms with E-state index in [-0.39, 0.29) is 0 Å². The van der Waals surface area contributed by atoms with Crippen LogP contribution in [-0.2, 0) is 0 Å². The van der Waals surface area contributed by atoms with Crippen LogP contribution >= 0.6 is 11.3 Å². The number of hydrogen-bond acceptors (Lipinski definition) is 8. The third-order valence-electron chi connectivity index (χ3n) is 25.6. The summed E-state index contributed by atoms with van der Waals surface area (Å²) in [6.07, 6.45) is 5.74. The maximum Gasteiger partial charge on any atom is 0.143 e. The van der Waals surface area contributed by atoms with Gasteiger partial charge in [-0.05, 0) is 149 Å². The number of thiophene rings is 1. The summed E-state index contributed by atoms with van der Waals surface area (Å²) in [6.45, 7) is 0. The minimum atomic E-state index is 0.859. The molecule has 21 aromatic carbocycles. The molecule has 0 spiro atoms. The van der Waals surface area contributed by atoms with Gasteiger partial charge in [-0.3, -0.25) is 15.0 Å². The first kappa shape index (κ1) is 74.6. The number of benzene rings is 21. The van der Waals surface area contributed by atoms with Crippen LogP contribution in [0.15, 0.2) is 448 Å². The van der Waals surface area contributed by atoms with Crippen LogP contribution in [0.1, 0.15) is 0 Å². The second-order valence-electron chi connectivity index (χ2n) is 33.0. The van der Waals surface area contributed by atoms with Gasteiger partial charge in [0.05, 0.1) is 79.8 Å². The van der Waals surface area contributed by atoms with E-state index in [1.807, 2.05) is 42.1 Å². The van der Waals surface area contributed by atoms with Gasteiger partial charge < -0.3 is 8.98 Å². The molecule has 0 aliphatic carbocycles. The Labute approximate surface area is 744 Å². The molecule has 0 aliphatic rings.